The summed E-state index contributed by atoms with van der Waals surface area (Å²) in [6.45, 7) is 2.79. The van der Waals surface area contributed by atoms with Gasteiger partial charge in [-0.25, -0.2) is 4.98 Å². The van der Waals surface area contributed by atoms with E-state index in [-0.39, 0.29) is 6.61 Å². The number of rotatable bonds is 8. The second-order valence-electron chi connectivity index (χ2n) is 6.97. The standard InChI is InChI=1S/C26H27NO2/c1-21-25(17-18-26(27-21)29-20-23-11-7-5-8-12-23)24-15-13-22(14-16-24)10-6-3-2-4-9-19-28/h5,7-8,11-18,28H,2-4,9,19-20H2,1H3. The van der Waals surface area contributed by atoms with Gasteiger partial charge in [0.15, 0.2) is 0 Å². The molecular weight excluding hydrogens is 358 g/mol. The zero-order chi connectivity index (χ0) is 20.3. The van der Waals surface area contributed by atoms with Gasteiger partial charge >= 0.3 is 0 Å². The smallest absolute Gasteiger partial charge is 0.213 e. The van der Waals surface area contributed by atoms with E-state index in [0.717, 1.165) is 53.6 Å². The van der Waals surface area contributed by atoms with Crippen LogP contribution in [0.3, 0.4) is 0 Å². The molecule has 0 saturated heterocycles. The van der Waals surface area contributed by atoms with Crippen LogP contribution in [0.1, 0.15) is 42.5 Å². The maximum Gasteiger partial charge on any atom is 0.213 e. The monoisotopic (exact) mass is 385 g/mol. The van der Waals surface area contributed by atoms with Gasteiger partial charge in [0.2, 0.25) is 5.88 Å². The highest BCUT2D eigenvalue weighted by atomic mass is 16.5. The molecule has 0 aliphatic heterocycles. The first-order chi connectivity index (χ1) is 14.3. The molecule has 1 N–H and O–H groups in total. The fraction of sp³-hybridized carbons (Fsp3) is 0.269. The van der Waals surface area contributed by atoms with Crippen molar-refractivity contribution in [3.05, 3.63) is 83.6 Å². The molecule has 1 aromatic heterocycles. The summed E-state index contributed by atoms with van der Waals surface area (Å²) in [6.07, 6.45) is 3.80. The van der Waals surface area contributed by atoms with Crippen molar-refractivity contribution in [2.45, 2.75) is 39.2 Å². The summed E-state index contributed by atoms with van der Waals surface area (Å²) in [5.41, 5.74) is 5.31. The third-order valence-corrected chi connectivity index (χ3v) is 4.68. The molecule has 0 fully saturated rings. The first-order valence-electron chi connectivity index (χ1n) is 10.1. The fourth-order valence-corrected chi connectivity index (χ4v) is 3.05. The van der Waals surface area contributed by atoms with Crippen LogP contribution in [0.25, 0.3) is 11.1 Å². The second-order valence-corrected chi connectivity index (χ2v) is 6.97. The van der Waals surface area contributed by atoms with E-state index in [2.05, 4.69) is 47.2 Å². The number of aromatic nitrogens is 1. The van der Waals surface area contributed by atoms with Crippen LogP contribution in [0.2, 0.25) is 0 Å². The molecule has 0 amide bonds. The van der Waals surface area contributed by atoms with Crippen LogP contribution in [0.4, 0.5) is 0 Å². The molecule has 148 valence electrons. The maximum atomic E-state index is 8.78. The minimum Gasteiger partial charge on any atom is -0.473 e. The van der Waals surface area contributed by atoms with E-state index in [9.17, 15) is 0 Å². The van der Waals surface area contributed by atoms with E-state index < -0.39 is 0 Å². The van der Waals surface area contributed by atoms with E-state index in [0.29, 0.717) is 12.5 Å². The summed E-state index contributed by atoms with van der Waals surface area (Å²) in [4.78, 5) is 4.60. The Balaban J connectivity index is 1.59. The molecule has 0 unspecified atom stereocenters. The molecule has 1 heterocycles. The van der Waals surface area contributed by atoms with Gasteiger partial charge in [0.05, 0.1) is 0 Å². The number of aryl methyl sites for hydroxylation is 1. The zero-order valence-electron chi connectivity index (χ0n) is 16.9. The SMILES string of the molecule is Cc1nc(OCc2ccccc2)ccc1-c1ccc(C#CCCCCCO)cc1. The van der Waals surface area contributed by atoms with Gasteiger partial charge in [-0.05, 0) is 49.1 Å². The van der Waals surface area contributed by atoms with Gasteiger partial charge in [-0.1, -0.05) is 60.7 Å². The molecule has 29 heavy (non-hydrogen) atoms. The van der Waals surface area contributed by atoms with Crippen LogP contribution in [-0.4, -0.2) is 16.7 Å². The fourth-order valence-electron chi connectivity index (χ4n) is 3.05. The van der Waals surface area contributed by atoms with Crippen molar-refractivity contribution in [2.75, 3.05) is 6.61 Å². The molecule has 0 atom stereocenters. The quantitative estimate of drug-likeness (QED) is 0.409. The van der Waals surface area contributed by atoms with E-state index in [1.807, 2.05) is 43.3 Å². The molecular formula is C26H27NO2. The van der Waals surface area contributed by atoms with Gasteiger partial charge in [-0.2, -0.15) is 0 Å². The summed E-state index contributed by atoms with van der Waals surface area (Å²) < 4.78 is 5.82. The molecule has 0 aliphatic rings. The van der Waals surface area contributed by atoms with E-state index >= 15 is 0 Å². The van der Waals surface area contributed by atoms with Gasteiger partial charge in [0.25, 0.3) is 0 Å². The number of hydrogen-bond donors (Lipinski definition) is 1. The van der Waals surface area contributed by atoms with Crippen LogP contribution in [0.5, 0.6) is 5.88 Å². The second kappa shape index (κ2) is 11.0. The highest BCUT2D eigenvalue weighted by Crippen LogP contribution is 2.25. The highest BCUT2D eigenvalue weighted by molar-refractivity contribution is 5.67. The normalized spacial score (nSPS) is 10.3. The molecule has 3 heteroatoms. The predicted octanol–water partition coefficient (Wildman–Crippen LogP) is 5.54. The van der Waals surface area contributed by atoms with Crippen molar-refractivity contribution < 1.29 is 9.84 Å². The van der Waals surface area contributed by atoms with Crippen LogP contribution >= 0.6 is 0 Å². The van der Waals surface area contributed by atoms with Crippen LogP contribution < -0.4 is 4.74 Å². The van der Waals surface area contributed by atoms with Crippen molar-refractivity contribution in [1.82, 2.24) is 4.98 Å². The lowest BCUT2D eigenvalue weighted by Gasteiger charge is -2.10. The minimum absolute atomic E-state index is 0.267. The first kappa shape index (κ1) is 20.6. The van der Waals surface area contributed by atoms with E-state index in [1.54, 1.807) is 0 Å². The summed E-state index contributed by atoms with van der Waals surface area (Å²) in [6, 6.07) is 22.4. The predicted molar refractivity (Wildman–Crippen MR) is 118 cm³/mol. The van der Waals surface area contributed by atoms with Crippen molar-refractivity contribution in [3.63, 3.8) is 0 Å². The van der Waals surface area contributed by atoms with Crippen molar-refractivity contribution in [1.29, 1.82) is 0 Å². The Kier molecular flexibility index (Phi) is 7.86. The van der Waals surface area contributed by atoms with Gasteiger partial charge in [-0.15, -0.1) is 0 Å². The number of unbranched alkanes of at least 4 members (excludes halogenated alkanes) is 3. The van der Waals surface area contributed by atoms with Gasteiger partial charge < -0.3 is 9.84 Å². The summed E-state index contributed by atoms with van der Waals surface area (Å²) in [7, 11) is 0. The highest BCUT2D eigenvalue weighted by Gasteiger charge is 2.06. The van der Waals surface area contributed by atoms with E-state index in [1.165, 1.54) is 0 Å². The molecule has 0 saturated carbocycles. The van der Waals surface area contributed by atoms with Gasteiger partial charge in [0.1, 0.15) is 6.61 Å². The Morgan fingerprint density at radius 3 is 2.41 bits per heavy atom. The molecule has 2 aromatic carbocycles. The third-order valence-electron chi connectivity index (χ3n) is 4.68. The maximum absolute atomic E-state index is 8.78. The lowest BCUT2D eigenvalue weighted by Crippen LogP contribution is -1.98. The van der Waals surface area contributed by atoms with E-state index in [4.69, 9.17) is 9.84 Å². The summed E-state index contributed by atoms with van der Waals surface area (Å²) in [5, 5.41) is 8.78. The molecule has 3 nitrogen and oxygen atoms in total. The average molecular weight is 386 g/mol. The van der Waals surface area contributed by atoms with Crippen molar-refractivity contribution in [2.24, 2.45) is 0 Å². The summed E-state index contributed by atoms with van der Waals surface area (Å²) in [5.74, 6) is 7.05. The van der Waals surface area contributed by atoms with Crippen LogP contribution in [-0.2, 0) is 6.61 Å². The Hall–Kier alpha value is -3.09. The molecule has 3 rings (SSSR count). The van der Waals surface area contributed by atoms with Crippen molar-refractivity contribution in [3.8, 4) is 28.8 Å². The number of nitrogens with zero attached hydrogens (tertiary/aromatic N) is 1. The molecule has 0 bridgehead atoms. The Morgan fingerprint density at radius 1 is 0.897 bits per heavy atom. The molecule has 0 spiro atoms. The zero-order valence-corrected chi connectivity index (χ0v) is 16.9. The van der Waals surface area contributed by atoms with Crippen LogP contribution in [0.15, 0.2) is 66.7 Å². The number of pyridine rings is 1. The largest absolute Gasteiger partial charge is 0.473 e. The molecule has 0 radical (unpaired) electrons. The van der Waals surface area contributed by atoms with Crippen molar-refractivity contribution >= 4 is 0 Å². The topological polar surface area (TPSA) is 42.4 Å². The van der Waals surface area contributed by atoms with Crippen LogP contribution in [0, 0.1) is 18.8 Å². The number of benzene rings is 2. The number of aliphatic hydroxyl groups excluding tert-OH is 1. The lowest BCUT2D eigenvalue weighted by molar-refractivity contribution is 0.283. The lowest BCUT2D eigenvalue weighted by atomic mass is 10.0. The van der Waals surface area contributed by atoms with Gasteiger partial charge in [-0.3, -0.25) is 0 Å². The number of aliphatic hydroxyl groups is 1. The Labute approximate surface area is 173 Å². The number of hydrogen-bond acceptors (Lipinski definition) is 3. The Morgan fingerprint density at radius 2 is 1.69 bits per heavy atom. The minimum atomic E-state index is 0.267. The third kappa shape index (κ3) is 6.48. The number of ether oxygens (including phenoxy) is 1. The van der Waals surface area contributed by atoms with Gasteiger partial charge in [0, 0.05) is 35.9 Å². The molecule has 0 aliphatic carbocycles. The first-order valence-corrected chi connectivity index (χ1v) is 10.1. The molecule has 3 aromatic rings. The average Bonchev–Trinajstić information content (AvgIpc) is 2.76. The summed E-state index contributed by atoms with van der Waals surface area (Å²) >= 11 is 0. The Bertz CT molecular complexity index is 953.